The van der Waals surface area contributed by atoms with Gasteiger partial charge >= 0.3 is 0 Å². The van der Waals surface area contributed by atoms with Crippen LogP contribution in [-0.4, -0.2) is 51.2 Å². The largest absolute Gasteiger partial charge is 0.492 e. The van der Waals surface area contributed by atoms with Gasteiger partial charge in [0.15, 0.2) is 0 Å². The molecular formula is C23H32N2O8S2. The molecule has 6 N–H and O–H groups in total. The molecule has 2 aromatic carbocycles. The molecule has 2 unspecified atom stereocenters. The molecule has 0 fully saturated rings. The summed E-state index contributed by atoms with van der Waals surface area (Å²) in [5.41, 5.74) is 13.7. The van der Waals surface area contributed by atoms with E-state index in [0.717, 1.165) is 0 Å². The highest BCUT2D eigenvalue weighted by Crippen LogP contribution is 2.44. The maximum atomic E-state index is 12.1. The number of benzene rings is 2. The van der Waals surface area contributed by atoms with Crippen LogP contribution >= 0.6 is 0 Å². The third kappa shape index (κ3) is 6.93. The highest BCUT2D eigenvalue weighted by Gasteiger charge is 2.29. The number of hydrogen-bond donors (Lipinski definition) is 4. The lowest BCUT2D eigenvalue weighted by Crippen LogP contribution is -2.16. The van der Waals surface area contributed by atoms with Crippen LogP contribution in [0.1, 0.15) is 50.7 Å². The fourth-order valence-corrected chi connectivity index (χ4v) is 5.28. The van der Waals surface area contributed by atoms with Crippen LogP contribution in [0.5, 0.6) is 11.5 Å². The molecule has 35 heavy (non-hydrogen) atoms. The Kier molecular flexibility index (Phi) is 8.45. The quantitative estimate of drug-likeness (QED) is 0.202. The topological polar surface area (TPSA) is 179 Å². The Morgan fingerprint density at radius 1 is 0.771 bits per heavy atom. The Balaban J connectivity index is 1.98. The standard InChI is InChI=1S/C23H32N2O8S2/c1-14(24)5-3-7-32-20-10-16-9-17-11-21(33-8-4-6-15(2)25)23(35(29,30)31)13-19(17)18(16)12-22(20)34(26,27)28/h10-15H,3-9,24-25H2,1-2H3,(H,26,27,28)(H,29,30,31). The van der Waals surface area contributed by atoms with E-state index in [-0.39, 0.29) is 36.8 Å². The molecular weight excluding hydrogens is 496 g/mol. The normalized spacial score (nSPS) is 14.8. The molecule has 2 atom stereocenters. The summed E-state index contributed by atoms with van der Waals surface area (Å²) >= 11 is 0. The third-order valence-electron chi connectivity index (χ3n) is 5.69. The summed E-state index contributed by atoms with van der Waals surface area (Å²) < 4.78 is 79.2. The maximum Gasteiger partial charge on any atom is 0.298 e. The first-order valence-corrected chi connectivity index (χ1v) is 14.2. The van der Waals surface area contributed by atoms with Gasteiger partial charge in [0.2, 0.25) is 0 Å². The summed E-state index contributed by atoms with van der Waals surface area (Å²) in [6.45, 7) is 4.13. The van der Waals surface area contributed by atoms with Gasteiger partial charge in [-0.1, -0.05) is 0 Å². The van der Waals surface area contributed by atoms with E-state index in [4.69, 9.17) is 20.9 Å². The molecule has 0 bridgehead atoms. The molecule has 2 aromatic rings. The Morgan fingerprint density at radius 3 is 1.46 bits per heavy atom. The van der Waals surface area contributed by atoms with Crippen molar-refractivity contribution in [2.24, 2.45) is 11.5 Å². The maximum absolute atomic E-state index is 12.1. The number of hydrogen-bond acceptors (Lipinski definition) is 8. The summed E-state index contributed by atoms with van der Waals surface area (Å²) in [6.07, 6.45) is 2.92. The number of ether oxygens (including phenoxy) is 2. The molecule has 0 amide bonds. The minimum absolute atomic E-state index is 0.00566. The molecule has 1 aliphatic carbocycles. The van der Waals surface area contributed by atoms with Crippen molar-refractivity contribution in [1.82, 2.24) is 0 Å². The van der Waals surface area contributed by atoms with E-state index in [1.54, 1.807) is 0 Å². The lowest BCUT2D eigenvalue weighted by Gasteiger charge is -2.14. The number of fused-ring (bicyclic) bond motifs is 3. The van der Waals surface area contributed by atoms with E-state index in [9.17, 15) is 25.9 Å². The van der Waals surface area contributed by atoms with Crippen LogP contribution < -0.4 is 20.9 Å². The molecule has 0 heterocycles. The van der Waals surface area contributed by atoms with Gasteiger partial charge in [-0.05, 0) is 92.5 Å². The predicted octanol–water partition coefficient (Wildman–Crippen LogP) is 2.76. The van der Waals surface area contributed by atoms with Crippen LogP contribution in [0.3, 0.4) is 0 Å². The van der Waals surface area contributed by atoms with Crippen LogP contribution in [0.25, 0.3) is 11.1 Å². The van der Waals surface area contributed by atoms with Crippen molar-refractivity contribution in [2.45, 2.75) is 67.8 Å². The smallest absolute Gasteiger partial charge is 0.298 e. The zero-order valence-corrected chi connectivity index (χ0v) is 21.4. The summed E-state index contributed by atoms with van der Waals surface area (Å²) in [4.78, 5) is -0.843. The van der Waals surface area contributed by atoms with Crippen LogP contribution in [0.15, 0.2) is 34.1 Å². The van der Waals surface area contributed by atoms with Gasteiger partial charge in [0.05, 0.1) is 13.2 Å². The molecule has 0 aromatic heterocycles. The van der Waals surface area contributed by atoms with E-state index in [1.807, 2.05) is 13.8 Å². The number of nitrogens with two attached hydrogens (primary N) is 2. The van der Waals surface area contributed by atoms with Crippen LogP contribution in [-0.2, 0) is 26.7 Å². The molecule has 3 rings (SSSR count). The van der Waals surface area contributed by atoms with Gasteiger partial charge in [0.25, 0.3) is 20.2 Å². The van der Waals surface area contributed by atoms with E-state index in [1.165, 1.54) is 24.3 Å². The predicted molar refractivity (Wildman–Crippen MR) is 131 cm³/mol. The van der Waals surface area contributed by atoms with E-state index in [2.05, 4.69) is 0 Å². The highest BCUT2D eigenvalue weighted by atomic mass is 32.2. The van der Waals surface area contributed by atoms with Crippen LogP contribution in [0.4, 0.5) is 0 Å². The molecule has 1 aliphatic rings. The second-order valence-electron chi connectivity index (χ2n) is 8.98. The van der Waals surface area contributed by atoms with Crippen molar-refractivity contribution in [3.63, 3.8) is 0 Å². The molecule has 0 aliphatic heterocycles. The molecule has 0 radical (unpaired) electrons. The van der Waals surface area contributed by atoms with Crippen molar-refractivity contribution in [2.75, 3.05) is 13.2 Å². The van der Waals surface area contributed by atoms with Gasteiger partial charge in [-0.3, -0.25) is 9.11 Å². The molecule has 0 saturated heterocycles. The monoisotopic (exact) mass is 528 g/mol. The third-order valence-corrected chi connectivity index (χ3v) is 7.44. The van der Waals surface area contributed by atoms with Gasteiger partial charge in [-0.15, -0.1) is 0 Å². The van der Waals surface area contributed by atoms with Crippen molar-refractivity contribution in [3.8, 4) is 22.6 Å². The molecule has 12 heteroatoms. The first kappa shape index (κ1) is 27.4. The summed E-state index contributed by atoms with van der Waals surface area (Å²) in [5.74, 6) is 0.0113. The van der Waals surface area contributed by atoms with Gasteiger partial charge in [0.1, 0.15) is 21.3 Å². The van der Waals surface area contributed by atoms with Gasteiger partial charge < -0.3 is 20.9 Å². The Hall–Kier alpha value is -2.22. The minimum Gasteiger partial charge on any atom is -0.492 e. The Labute approximate surface area is 206 Å². The second-order valence-corrected chi connectivity index (χ2v) is 11.8. The second kappa shape index (κ2) is 10.8. The van der Waals surface area contributed by atoms with E-state index in [0.29, 0.717) is 54.4 Å². The average Bonchev–Trinajstić information content (AvgIpc) is 3.07. The van der Waals surface area contributed by atoms with Gasteiger partial charge in [-0.2, -0.15) is 16.8 Å². The van der Waals surface area contributed by atoms with Crippen molar-refractivity contribution in [3.05, 3.63) is 35.4 Å². The van der Waals surface area contributed by atoms with Crippen LogP contribution in [0.2, 0.25) is 0 Å². The summed E-state index contributed by atoms with van der Waals surface area (Å²) in [5, 5.41) is 0. The molecule has 10 nitrogen and oxygen atoms in total. The summed E-state index contributed by atoms with van der Waals surface area (Å²) in [7, 11) is -9.26. The lowest BCUT2D eigenvalue weighted by atomic mass is 10.1. The highest BCUT2D eigenvalue weighted by molar-refractivity contribution is 7.86. The average molecular weight is 529 g/mol. The Morgan fingerprint density at radius 2 is 1.14 bits per heavy atom. The zero-order chi connectivity index (χ0) is 26.0. The first-order valence-electron chi connectivity index (χ1n) is 11.3. The van der Waals surface area contributed by atoms with Crippen molar-refractivity contribution < 1.29 is 35.4 Å². The Bertz CT molecular complexity index is 1190. The first-order chi connectivity index (χ1) is 16.3. The molecule has 0 saturated carbocycles. The SMILES string of the molecule is CC(N)CCCOc1cc2c(cc1S(=O)(=O)O)-c1cc(S(=O)(=O)O)c(OCCCC(C)N)cc1C2. The van der Waals surface area contributed by atoms with Crippen LogP contribution in [0, 0.1) is 0 Å². The van der Waals surface area contributed by atoms with E-state index >= 15 is 0 Å². The molecule has 194 valence electrons. The van der Waals surface area contributed by atoms with Crippen molar-refractivity contribution in [1.29, 1.82) is 0 Å². The zero-order valence-electron chi connectivity index (χ0n) is 19.7. The summed E-state index contributed by atoms with van der Waals surface area (Å²) in [6, 6.07) is 5.52. The fraction of sp³-hybridized carbons (Fsp3) is 0.478. The minimum atomic E-state index is -4.63. The fourth-order valence-electron chi connectivity index (χ4n) is 4.01. The van der Waals surface area contributed by atoms with Crippen molar-refractivity contribution >= 4 is 20.2 Å². The molecule has 0 spiro atoms. The number of rotatable bonds is 12. The van der Waals surface area contributed by atoms with Gasteiger partial charge in [-0.25, -0.2) is 0 Å². The van der Waals surface area contributed by atoms with E-state index < -0.39 is 30.0 Å². The lowest BCUT2D eigenvalue weighted by molar-refractivity contribution is 0.294. The van der Waals surface area contributed by atoms with Gasteiger partial charge in [0, 0.05) is 12.1 Å².